The van der Waals surface area contributed by atoms with Crippen molar-refractivity contribution in [2.75, 3.05) is 6.61 Å². The van der Waals surface area contributed by atoms with Gasteiger partial charge in [-0.3, -0.25) is 0 Å². The molecule has 110 valence electrons. The van der Waals surface area contributed by atoms with Crippen LogP contribution in [0.25, 0.3) is 0 Å². The number of carbonyl (C=O) groups is 1. The van der Waals surface area contributed by atoms with E-state index in [-0.39, 0.29) is 5.76 Å². The fourth-order valence-corrected chi connectivity index (χ4v) is 8.61. The molecule has 5 heteroatoms. The molecular formula is C14H26O4Si. The molecule has 0 spiro atoms. The zero-order chi connectivity index (χ0) is 14.8. The van der Waals surface area contributed by atoms with E-state index in [4.69, 9.17) is 14.3 Å². The molecule has 1 N–H and O–H groups in total. The van der Waals surface area contributed by atoms with Gasteiger partial charge in [-0.15, -0.1) is 0 Å². The van der Waals surface area contributed by atoms with Gasteiger partial charge in [-0.1, -0.05) is 41.5 Å². The zero-order valence-corrected chi connectivity index (χ0v) is 13.8. The Bertz CT molecular complexity index is 350. The lowest BCUT2D eigenvalue weighted by Gasteiger charge is -2.42. The van der Waals surface area contributed by atoms with Crippen LogP contribution in [0.1, 0.15) is 48.0 Å². The van der Waals surface area contributed by atoms with E-state index >= 15 is 0 Å². The lowest BCUT2D eigenvalue weighted by Crippen LogP contribution is -2.47. The monoisotopic (exact) mass is 286 g/mol. The van der Waals surface area contributed by atoms with E-state index in [1.807, 2.05) is 0 Å². The molecule has 0 aromatic carbocycles. The van der Waals surface area contributed by atoms with Gasteiger partial charge in [0.1, 0.15) is 5.76 Å². The van der Waals surface area contributed by atoms with Crippen LogP contribution in [0, 0.1) is 0 Å². The molecule has 0 aliphatic carbocycles. The molecule has 0 saturated heterocycles. The Labute approximate surface area is 116 Å². The van der Waals surface area contributed by atoms with Gasteiger partial charge in [0.25, 0.3) is 8.32 Å². The third kappa shape index (κ3) is 2.96. The third-order valence-corrected chi connectivity index (χ3v) is 10.0. The SMILES string of the molecule is CC(C)[Si](OC1=C(C(=O)O)OCC1)(C(C)C)C(C)C. The summed E-state index contributed by atoms with van der Waals surface area (Å²) in [6, 6.07) is 0. The summed E-state index contributed by atoms with van der Waals surface area (Å²) < 4.78 is 11.6. The molecule has 0 amide bonds. The average molecular weight is 286 g/mol. The molecule has 4 nitrogen and oxygen atoms in total. The van der Waals surface area contributed by atoms with Gasteiger partial charge in [-0.2, -0.15) is 0 Å². The maximum atomic E-state index is 11.2. The van der Waals surface area contributed by atoms with Crippen molar-refractivity contribution in [3.05, 3.63) is 11.5 Å². The minimum Gasteiger partial charge on any atom is -0.543 e. The summed E-state index contributed by atoms with van der Waals surface area (Å²) in [5.41, 5.74) is 1.28. The van der Waals surface area contributed by atoms with Crippen LogP contribution in [-0.4, -0.2) is 26.0 Å². The van der Waals surface area contributed by atoms with Crippen LogP contribution in [0.4, 0.5) is 0 Å². The van der Waals surface area contributed by atoms with Crippen molar-refractivity contribution in [1.82, 2.24) is 0 Å². The lowest BCUT2D eigenvalue weighted by molar-refractivity contribution is -0.136. The third-order valence-electron chi connectivity index (χ3n) is 4.03. The maximum Gasteiger partial charge on any atom is 0.374 e. The topological polar surface area (TPSA) is 55.8 Å². The predicted octanol–water partition coefficient (Wildman–Crippen LogP) is 3.90. The van der Waals surface area contributed by atoms with Crippen LogP contribution in [-0.2, 0) is 14.0 Å². The molecular weight excluding hydrogens is 260 g/mol. The standard InChI is InChI=1S/C14H26O4Si/c1-9(2)19(10(3)4,11(5)6)18-12-7-8-17-13(12)14(15)16/h9-11H,7-8H2,1-6H3,(H,15,16). The molecule has 0 bridgehead atoms. The Balaban J connectivity index is 3.15. The Hall–Kier alpha value is -0.973. The predicted molar refractivity (Wildman–Crippen MR) is 77.4 cm³/mol. The Kier molecular flexibility index (Phi) is 5.07. The Morgan fingerprint density at radius 2 is 1.63 bits per heavy atom. The van der Waals surface area contributed by atoms with Crippen LogP contribution in [0.15, 0.2) is 11.5 Å². The normalized spacial score (nSPS) is 16.5. The van der Waals surface area contributed by atoms with Crippen molar-refractivity contribution in [1.29, 1.82) is 0 Å². The summed E-state index contributed by atoms with van der Waals surface area (Å²) in [7, 11) is -2.08. The molecule has 0 saturated carbocycles. The summed E-state index contributed by atoms with van der Waals surface area (Å²) in [5.74, 6) is -0.458. The molecule has 0 atom stereocenters. The first-order valence-electron chi connectivity index (χ1n) is 7.01. The number of carboxylic acids is 1. The molecule has 1 aliphatic rings. The van der Waals surface area contributed by atoms with Gasteiger partial charge in [-0.05, 0) is 16.6 Å². The quantitative estimate of drug-likeness (QED) is 0.752. The zero-order valence-electron chi connectivity index (χ0n) is 12.8. The van der Waals surface area contributed by atoms with Gasteiger partial charge in [0.15, 0.2) is 0 Å². The lowest BCUT2D eigenvalue weighted by atomic mass is 10.4. The van der Waals surface area contributed by atoms with Crippen molar-refractivity contribution in [2.24, 2.45) is 0 Å². The van der Waals surface area contributed by atoms with Crippen LogP contribution >= 0.6 is 0 Å². The molecule has 0 fully saturated rings. The number of carboxylic acid groups (broad SMARTS) is 1. The molecule has 0 aromatic rings. The van der Waals surface area contributed by atoms with Crippen LogP contribution in [0.5, 0.6) is 0 Å². The van der Waals surface area contributed by atoms with Gasteiger partial charge in [-0.25, -0.2) is 4.79 Å². The van der Waals surface area contributed by atoms with Crippen molar-refractivity contribution in [2.45, 2.75) is 64.6 Å². The Morgan fingerprint density at radius 3 is 2.00 bits per heavy atom. The molecule has 0 radical (unpaired) electrons. The van der Waals surface area contributed by atoms with Gasteiger partial charge in [0.05, 0.1) is 6.61 Å². The van der Waals surface area contributed by atoms with E-state index in [1.54, 1.807) is 0 Å². The number of hydrogen-bond donors (Lipinski definition) is 1. The summed E-state index contributed by atoms with van der Waals surface area (Å²) in [4.78, 5) is 11.2. The van der Waals surface area contributed by atoms with Gasteiger partial charge >= 0.3 is 5.97 Å². The minimum absolute atomic E-state index is 0.0128. The van der Waals surface area contributed by atoms with E-state index in [0.717, 1.165) is 0 Å². The smallest absolute Gasteiger partial charge is 0.374 e. The highest BCUT2D eigenvalue weighted by molar-refractivity contribution is 6.77. The second-order valence-corrected chi connectivity index (χ2v) is 11.5. The Morgan fingerprint density at radius 1 is 1.16 bits per heavy atom. The number of aliphatic carboxylic acids is 1. The molecule has 1 heterocycles. The summed E-state index contributed by atoms with van der Waals surface area (Å²) in [5, 5.41) is 9.15. The summed E-state index contributed by atoms with van der Waals surface area (Å²) >= 11 is 0. The first kappa shape index (κ1) is 16.1. The molecule has 19 heavy (non-hydrogen) atoms. The second-order valence-electron chi connectivity index (χ2n) is 6.08. The van der Waals surface area contributed by atoms with Gasteiger partial charge in [0, 0.05) is 6.42 Å². The fraction of sp³-hybridized carbons (Fsp3) is 0.786. The second kappa shape index (κ2) is 5.99. The van der Waals surface area contributed by atoms with Gasteiger partial charge < -0.3 is 14.3 Å². The van der Waals surface area contributed by atoms with Crippen LogP contribution in [0.3, 0.4) is 0 Å². The maximum absolute atomic E-state index is 11.2. The van der Waals surface area contributed by atoms with Crippen molar-refractivity contribution >= 4 is 14.3 Å². The van der Waals surface area contributed by atoms with Crippen LogP contribution in [0.2, 0.25) is 16.6 Å². The summed E-state index contributed by atoms with van der Waals surface area (Å²) in [6.45, 7) is 13.5. The van der Waals surface area contributed by atoms with E-state index in [9.17, 15) is 4.79 Å². The number of ether oxygens (including phenoxy) is 1. The molecule has 1 rings (SSSR count). The van der Waals surface area contributed by atoms with Crippen molar-refractivity contribution in [3.63, 3.8) is 0 Å². The fourth-order valence-electron chi connectivity index (χ4n) is 3.29. The highest BCUT2D eigenvalue weighted by atomic mass is 28.4. The largest absolute Gasteiger partial charge is 0.543 e. The van der Waals surface area contributed by atoms with E-state index in [0.29, 0.717) is 35.4 Å². The van der Waals surface area contributed by atoms with E-state index in [1.165, 1.54) is 0 Å². The number of hydrogen-bond acceptors (Lipinski definition) is 3. The van der Waals surface area contributed by atoms with Gasteiger partial charge in [0.2, 0.25) is 5.76 Å². The highest BCUT2D eigenvalue weighted by Crippen LogP contribution is 2.44. The van der Waals surface area contributed by atoms with Crippen molar-refractivity contribution < 1.29 is 19.1 Å². The first-order valence-corrected chi connectivity index (χ1v) is 9.15. The summed E-state index contributed by atoms with van der Waals surface area (Å²) in [6.07, 6.45) is 0.572. The van der Waals surface area contributed by atoms with Crippen molar-refractivity contribution in [3.8, 4) is 0 Å². The number of rotatable bonds is 6. The average Bonchev–Trinajstić information content (AvgIpc) is 2.71. The van der Waals surface area contributed by atoms with Crippen LogP contribution < -0.4 is 0 Å². The van der Waals surface area contributed by atoms with E-state index in [2.05, 4.69) is 41.5 Å². The molecule has 0 unspecified atom stereocenters. The highest BCUT2D eigenvalue weighted by Gasteiger charge is 2.48. The molecule has 1 aliphatic heterocycles. The molecule has 0 aromatic heterocycles. The van der Waals surface area contributed by atoms with E-state index < -0.39 is 14.3 Å². The minimum atomic E-state index is -2.08. The first-order chi connectivity index (χ1) is 8.73.